The molecule has 0 bridgehead atoms. The van der Waals surface area contributed by atoms with E-state index in [-0.39, 0.29) is 0 Å². The van der Waals surface area contributed by atoms with E-state index in [1.807, 2.05) is 6.92 Å². The Morgan fingerprint density at radius 3 is 1.15 bits per heavy atom. The van der Waals surface area contributed by atoms with Crippen LogP contribution in [0.25, 0.3) is 0 Å². The molecule has 0 spiro atoms. The van der Waals surface area contributed by atoms with Crippen LogP contribution in [0.2, 0.25) is 6.04 Å². The molecular weight excluding hydrogens is 340 g/mol. The fourth-order valence-electron chi connectivity index (χ4n) is 3.59. The first-order valence-corrected chi connectivity index (χ1v) is 13.4. The minimum absolute atomic E-state index is 0.673. The van der Waals surface area contributed by atoms with E-state index in [1.54, 1.807) is 14.2 Å². The Labute approximate surface area is 165 Å². The van der Waals surface area contributed by atoms with Crippen molar-refractivity contribution < 1.29 is 13.3 Å². The maximum atomic E-state index is 5.75. The molecule has 0 aliphatic rings. The molecular formula is C22H48O3Si. The molecule has 0 aromatic heterocycles. The lowest BCUT2D eigenvalue weighted by Gasteiger charge is -2.25. The molecule has 0 radical (unpaired) electrons. The topological polar surface area (TPSA) is 27.7 Å². The van der Waals surface area contributed by atoms with Crippen molar-refractivity contribution >= 4 is 8.80 Å². The molecule has 0 aliphatic heterocycles. The van der Waals surface area contributed by atoms with E-state index < -0.39 is 8.80 Å². The van der Waals surface area contributed by atoms with Gasteiger partial charge in [-0.2, -0.15) is 0 Å². The second-order valence-corrected chi connectivity index (χ2v) is 10.5. The Morgan fingerprint density at radius 1 is 0.500 bits per heavy atom. The SMILES string of the molecule is CCCCCCCCCCCCCCCCCC[Si](OC)(OC)OCC. The predicted octanol–water partition coefficient (Wildman–Crippen LogP) is 7.52. The third-order valence-corrected chi connectivity index (χ3v) is 8.26. The van der Waals surface area contributed by atoms with Gasteiger partial charge in [-0.05, 0) is 13.3 Å². The molecule has 0 N–H and O–H groups in total. The van der Waals surface area contributed by atoms with Crippen molar-refractivity contribution in [3.63, 3.8) is 0 Å². The molecule has 0 unspecified atom stereocenters. The summed E-state index contributed by atoms with van der Waals surface area (Å²) in [6.45, 7) is 4.97. The van der Waals surface area contributed by atoms with Crippen molar-refractivity contribution in [3.8, 4) is 0 Å². The zero-order chi connectivity index (χ0) is 19.3. The van der Waals surface area contributed by atoms with E-state index in [4.69, 9.17) is 13.3 Å². The molecule has 4 heteroatoms. The highest BCUT2D eigenvalue weighted by atomic mass is 28.4. The Balaban J connectivity index is 3.29. The Kier molecular flexibility index (Phi) is 19.9. The smallest absolute Gasteiger partial charge is 0.377 e. The lowest BCUT2D eigenvalue weighted by atomic mass is 10.0. The highest BCUT2D eigenvalue weighted by Gasteiger charge is 2.37. The fourth-order valence-corrected chi connectivity index (χ4v) is 5.66. The summed E-state index contributed by atoms with van der Waals surface area (Å²) >= 11 is 0. The zero-order valence-electron chi connectivity index (χ0n) is 18.5. The van der Waals surface area contributed by atoms with Crippen LogP contribution in [0.15, 0.2) is 0 Å². The maximum absolute atomic E-state index is 5.75. The average molecular weight is 389 g/mol. The third kappa shape index (κ3) is 15.2. The van der Waals surface area contributed by atoms with E-state index in [9.17, 15) is 0 Å². The van der Waals surface area contributed by atoms with Gasteiger partial charge in [0.2, 0.25) is 0 Å². The fraction of sp³-hybridized carbons (Fsp3) is 1.00. The van der Waals surface area contributed by atoms with E-state index >= 15 is 0 Å². The van der Waals surface area contributed by atoms with Crippen LogP contribution in [0, 0.1) is 0 Å². The van der Waals surface area contributed by atoms with Gasteiger partial charge in [0.15, 0.2) is 0 Å². The third-order valence-electron chi connectivity index (χ3n) is 5.32. The normalized spacial score (nSPS) is 12.0. The summed E-state index contributed by atoms with van der Waals surface area (Å²) in [4.78, 5) is 0. The molecule has 0 aromatic rings. The minimum atomic E-state index is -2.35. The summed E-state index contributed by atoms with van der Waals surface area (Å²) in [5.74, 6) is 0. The number of unbranched alkanes of at least 4 members (excludes halogenated alkanes) is 15. The molecule has 26 heavy (non-hydrogen) atoms. The highest BCUT2D eigenvalue weighted by Crippen LogP contribution is 2.19. The molecule has 0 saturated carbocycles. The van der Waals surface area contributed by atoms with Crippen LogP contribution in [0.5, 0.6) is 0 Å². The monoisotopic (exact) mass is 388 g/mol. The molecule has 0 saturated heterocycles. The van der Waals surface area contributed by atoms with Crippen molar-refractivity contribution in [3.05, 3.63) is 0 Å². The van der Waals surface area contributed by atoms with Crippen molar-refractivity contribution in [2.45, 2.75) is 123 Å². The second kappa shape index (κ2) is 19.8. The lowest BCUT2D eigenvalue weighted by Crippen LogP contribution is -2.43. The molecule has 0 atom stereocenters. The number of hydrogen-bond acceptors (Lipinski definition) is 3. The summed E-state index contributed by atoms with van der Waals surface area (Å²) in [6, 6.07) is 0.951. The van der Waals surface area contributed by atoms with Crippen LogP contribution >= 0.6 is 0 Å². The van der Waals surface area contributed by atoms with E-state index in [1.165, 1.54) is 96.3 Å². The van der Waals surface area contributed by atoms with Crippen LogP contribution in [0.1, 0.15) is 117 Å². The van der Waals surface area contributed by atoms with Gasteiger partial charge in [-0.25, -0.2) is 0 Å². The van der Waals surface area contributed by atoms with Crippen LogP contribution in [-0.4, -0.2) is 29.6 Å². The van der Waals surface area contributed by atoms with Gasteiger partial charge in [-0.1, -0.05) is 103 Å². The first kappa shape index (κ1) is 26.1. The number of rotatable bonds is 21. The largest absolute Gasteiger partial charge is 0.500 e. The summed E-state index contributed by atoms with van der Waals surface area (Å²) in [5.41, 5.74) is 0. The zero-order valence-corrected chi connectivity index (χ0v) is 19.5. The summed E-state index contributed by atoms with van der Waals surface area (Å²) < 4.78 is 16.8. The quantitative estimate of drug-likeness (QED) is 0.150. The molecule has 0 aromatic carbocycles. The van der Waals surface area contributed by atoms with Crippen molar-refractivity contribution in [1.82, 2.24) is 0 Å². The maximum Gasteiger partial charge on any atom is 0.500 e. The van der Waals surface area contributed by atoms with Gasteiger partial charge < -0.3 is 13.3 Å². The minimum Gasteiger partial charge on any atom is -0.377 e. The lowest BCUT2D eigenvalue weighted by molar-refractivity contribution is 0.103. The summed E-state index contributed by atoms with van der Waals surface area (Å²) in [7, 11) is 1.09. The van der Waals surface area contributed by atoms with E-state index in [0.717, 1.165) is 12.5 Å². The Hall–Kier alpha value is 0.0969. The highest BCUT2D eigenvalue weighted by molar-refractivity contribution is 6.60. The molecule has 0 fully saturated rings. The molecule has 0 heterocycles. The van der Waals surface area contributed by atoms with Gasteiger partial charge in [0.05, 0.1) is 0 Å². The molecule has 3 nitrogen and oxygen atoms in total. The van der Waals surface area contributed by atoms with E-state index in [0.29, 0.717) is 6.61 Å². The van der Waals surface area contributed by atoms with Crippen LogP contribution < -0.4 is 0 Å². The molecule has 0 aliphatic carbocycles. The average Bonchev–Trinajstić information content (AvgIpc) is 2.66. The van der Waals surface area contributed by atoms with Gasteiger partial charge in [0, 0.05) is 26.9 Å². The van der Waals surface area contributed by atoms with Gasteiger partial charge >= 0.3 is 8.80 Å². The summed E-state index contributed by atoms with van der Waals surface area (Å²) in [5, 5.41) is 0. The van der Waals surface area contributed by atoms with Crippen molar-refractivity contribution in [2.75, 3.05) is 20.8 Å². The Morgan fingerprint density at radius 2 is 0.846 bits per heavy atom. The van der Waals surface area contributed by atoms with Crippen LogP contribution in [0.3, 0.4) is 0 Å². The molecule has 0 rings (SSSR count). The first-order chi connectivity index (χ1) is 12.7. The van der Waals surface area contributed by atoms with Gasteiger partial charge in [0.1, 0.15) is 0 Å². The van der Waals surface area contributed by atoms with Gasteiger partial charge in [-0.3, -0.25) is 0 Å². The van der Waals surface area contributed by atoms with Crippen molar-refractivity contribution in [1.29, 1.82) is 0 Å². The van der Waals surface area contributed by atoms with Crippen molar-refractivity contribution in [2.24, 2.45) is 0 Å². The van der Waals surface area contributed by atoms with Gasteiger partial charge in [0.25, 0.3) is 0 Å². The van der Waals surface area contributed by atoms with Crippen LogP contribution in [-0.2, 0) is 13.3 Å². The summed E-state index contributed by atoms with van der Waals surface area (Å²) in [6.07, 6.45) is 22.3. The first-order valence-electron chi connectivity index (χ1n) is 11.5. The van der Waals surface area contributed by atoms with E-state index in [2.05, 4.69) is 6.92 Å². The predicted molar refractivity (Wildman–Crippen MR) is 116 cm³/mol. The van der Waals surface area contributed by atoms with Gasteiger partial charge in [-0.15, -0.1) is 0 Å². The number of hydrogen-bond donors (Lipinski definition) is 0. The standard InChI is InChI=1S/C22H48O3Si/c1-5-7-8-9-10-11-12-13-14-15-16-17-18-19-20-21-22-26(23-3,24-4)25-6-2/h5-22H2,1-4H3. The van der Waals surface area contributed by atoms with Crippen LogP contribution in [0.4, 0.5) is 0 Å². The molecule has 0 amide bonds. The Bertz CT molecular complexity index is 270. The molecule has 158 valence electrons. The second-order valence-electron chi connectivity index (χ2n) is 7.58.